The van der Waals surface area contributed by atoms with Gasteiger partial charge in [-0.25, -0.2) is 0 Å². The summed E-state index contributed by atoms with van der Waals surface area (Å²) < 4.78 is 0. The largest absolute Gasteiger partial charge is 0.0622 e. The van der Waals surface area contributed by atoms with Gasteiger partial charge in [0.05, 0.1) is 0 Å². The Morgan fingerprint density at radius 3 is 1.33 bits per heavy atom. The molecule has 48 heavy (non-hydrogen) atoms. The van der Waals surface area contributed by atoms with Gasteiger partial charge in [0.25, 0.3) is 0 Å². The molecule has 0 aliphatic carbocycles. The van der Waals surface area contributed by atoms with E-state index in [4.69, 9.17) is 0 Å². The summed E-state index contributed by atoms with van der Waals surface area (Å²) in [6, 6.07) is 62.3. The van der Waals surface area contributed by atoms with E-state index in [1.54, 1.807) is 0 Å². The predicted molar refractivity (Wildman–Crippen MR) is 209 cm³/mol. The van der Waals surface area contributed by atoms with Gasteiger partial charge in [0.1, 0.15) is 0 Å². The maximum Gasteiger partial charge on any atom is -0.00204 e. The van der Waals surface area contributed by atoms with Crippen LogP contribution in [0, 0.1) is 0 Å². The quantitative estimate of drug-likeness (QED) is 0.106. The zero-order chi connectivity index (χ0) is 31.6. The van der Waals surface area contributed by atoms with Gasteiger partial charge in [-0.05, 0) is 98.0 Å². The van der Waals surface area contributed by atoms with Gasteiger partial charge in [-0.2, -0.15) is 0 Å². The van der Waals surface area contributed by atoms with Crippen LogP contribution in [0.5, 0.6) is 0 Å². The van der Waals surface area contributed by atoms with Gasteiger partial charge in [0, 0.05) is 0 Å². The number of fused-ring (bicyclic) bond motifs is 4. The Hall–Kier alpha value is -6.24. The topological polar surface area (TPSA) is 0 Å². The lowest BCUT2D eigenvalue weighted by molar-refractivity contribution is 1.63. The Bertz CT molecular complexity index is 2750. The summed E-state index contributed by atoms with van der Waals surface area (Å²) in [6.07, 6.45) is 4.53. The van der Waals surface area contributed by atoms with Gasteiger partial charge in [0.15, 0.2) is 0 Å². The van der Waals surface area contributed by atoms with Crippen LogP contribution in [0.3, 0.4) is 0 Å². The van der Waals surface area contributed by atoms with Crippen molar-refractivity contribution in [3.05, 3.63) is 181 Å². The van der Waals surface area contributed by atoms with Crippen molar-refractivity contribution in [1.82, 2.24) is 0 Å². The lowest BCUT2D eigenvalue weighted by Gasteiger charge is -2.17. The Morgan fingerprint density at radius 2 is 0.729 bits per heavy atom. The molecule has 0 saturated heterocycles. The molecule has 0 atom stereocenters. The van der Waals surface area contributed by atoms with E-state index in [-0.39, 0.29) is 0 Å². The Kier molecular flexibility index (Phi) is 5.98. The van der Waals surface area contributed by atoms with E-state index in [1.165, 1.54) is 98.0 Å². The normalized spacial score (nSPS) is 12.1. The molecule has 10 rings (SSSR count). The second-order valence-corrected chi connectivity index (χ2v) is 12.8. The lowest BCUT2D eigenvalue weighted by atomic mass is 9.86. The third-order valence-corrected chi connectivity index (χ3v) is 10.2. The first kappa shape index (κ1) is 26.9. The summed E-state index contributed by atoms with van der Waals surface area (Å²) in [5, 5.41) is 15.7. The van der Waals surface area contributed by atoms with Crippen LogP contribution >= 0.6 is 0 Å². The molecule has 0 saturated carbocycles. The van der Waals surface area contributed by atoms with Crippen LogP contribution in [0.1, 0.15) is 11.1 Å². The average molecular weight is 607 g/mol. The first-order valence-electron chi connectivity index (χ1n) is 16.7. The van der Waals surface area contributed by atoms with Gasteiger partial charge < -0.3 is 0 Å². The van der Waals surface area contributed by atoms with Crippen LogP contribution in [0.4, 0.5) is 0 Å². The lowest BCUT2D eigenvalue weighted by Crippen LogP contribution is -1.90. The fraction of sp³-hybridized carbons (Fsp3) is 0. The van der Waals surface area contributed by atoms with Crippen LogP contribution < -0.4 is 0 Å². The van der Waals surface area contributed by atoms with E-state index >= 15 is 0 Å². The minimum Gasteiger partial charge on any atom is -0.0622 e. The summed E-state index contributed by atoms with van der Waals surface area (Å²) in [5.74, 6) is 0. The van der Waals surface area contributed by atoms with Crippen molar-refractivity contribution in [3.63, 3.8) is 0 Å². The summed E-state index contributed by atoms with van der Waals surface area (Å²) in [7, 11) is 0. The van der Waals surface area contributed by atoms with E-state index in [2.05, 4.69) is 182 Å². The average Bonchev–Trinajstić information content (AvgIpc) is 3.16. The highest BCUT2D eigenvalue weighted by Gasteiger charge is 2.17. The maximum absolute atomic E-state index is 2.31. The number of benzene rings is 10. The monoisotopic (exact) mass is 606 g/mol. The summed E-state index contributed by atoms with van der Waals surface area (Å²) in [4.78, 5) is 0. The van der Waals surface area contributed by atoms with Crippen molar-refractivity contribution < 1.29 is 0 Å². The molecule has 0 amide bonds. The van der Waals surface area contributed by atoms with Crippen LogP contribution in [0.25, 0.3) is 99.0 Å². The molecule has 222 valence electrons. The number of hydrogen-bond acceptors (Lipinski definition) is 0. The van der Waals surface area contributed by atoms with Crippen molar-refractivity contribution >= 4 is 76.8 Å². The third-order valence-electron chi connectivity index (χ3n) is 10.2. The van der Waals surface area contributed by atoms with E-state index in [9.17, 15) is 0 Å². The Labute approximate surface area is 279 Å². The molecular weight excluding hydrogens is 577 g/mol. The molecule has 0 bridgehead atoms. The molecule has 0 heteroatoms. The van der Waals surface area contributed by atoms with E-state index in [0.717, 1.165) is 0 Å². The minimum absolute atomic E-state index is 1.18. The molecular formula is C48H30. The van der Waals surface area contributed by atoms with Crippen molar-refractivity contribution in [3.8, 4) is 22.3 Å². The van der Waals surface area contributed by atoms with Crippen LogP contribution in [-0.2, 0) is 0 Å². The molecule has 10 aromatic rings. The molecule has 0 aliphatic heterocycles. The van der Waals surface area contributed by atoms with Gasteiger partial charge in [-0.3, -0.25) is 0 Å². The van der Waals surface area contributed by atoms with E-state index < -0.39 is 0 Å². The molecule has 0 fully saturated rings. The van der Waals surface area contributed by atoms with Crippen LogP contribution in [-0.4, -0.2) is 0 Å². The summed E-state index contributed by atoms with van der Waals surface area (Å²) in [6.45, 7) is 0. The van der Waals surface area contributed by atoms with Gasteiger partial charge in [-0.15, -0.1) is 0 Å². The van der Waals surface area contributed by atoms with Gasteiger partial charge in [0.2, 0.25) is 0 Å². The molecule has 10 aromatic carbocycles. The van der Waals surface area contributed by atoms with Gasteiger partial charge in [-0.1, -0.05) is 182 Å². The Balaban J connectivity index is 1.09. The zero-order valence-electron chi connectivity index (χ0n) is 26.3. The molecule has 0 spiro atoms. The smallest absolute Gasteiger partial charge is 0.00204 e. The first-order chi connectivity index (χ1) is 23.8. The molecule has 0 radical (unpaired) electrons. The highest BCUT2D eigenvalue weighted by Crippen LogP contribution is 2.44. The summed E-state index contributed by atoms with van der Waals surface area (Å²) in [5.41, 5.74) is 7.48. The number of hydrogen-bond donors (Lipinski definition) is 0. The molecule has 0 N–H and O–H groups in total. The fourth-order valence-electron chi connectivity index (χ4n) is 8.12. The molecule has 0 aromatic heterocycles. The molecule has 0 aliphatic rings. The van der Waals surface area contributed by atoms with Crippen LogP contribution in [0.15, 0.2) is 170 Å². The Morgan fingerprint density at radius 1 is 0.271 bits per heavy atom. The fourth-order valence-corrected chi connectivity index (χ4v) is 8.12. The maximum atomic E-state index is 2.31. The van der Waals surface area contributed by atoms with Crippen molar-refractivity contribution in [2.45, 2.75) is 0 Å². The third kappa shape index (κ3) is 4.03. The van der Waals surface area contributed by atoms with E-state index in [1.807, 2.05) is 0 Å². The molecule has 0 unspecified atom stereocenters. The first-order valence-corrected chi connectivity index (χ1v) is 16.7. The minimum atomic E-state index is 1.18. The molecule has 0 nitrogen and oxygen atoms in total. The second kappa shape index (κ2) is 10.7. The van der Waals surface area contributed by atoms with Crippen molar-refractivity contribution in [2.75, 3.05) is 0 Å². The van der Waals surface area contributed by atoms with Crippen LogP contribution in [0.2, 0.25) is 0 Å². The molecule has 0 heterocycles. The predicted octanol–water partition coefficient (Wildman–Crippen LogP) is 13.5. The zero-order valence-corrected chi connectivity index (χ0v) is 26.3. The van der Waals surface area contributed by atoms with Crippen molar-refractivity contribution in [1.29, 1.82) is 0 Å². The second-order valence-electron chi connectivity index (χ2n) is 12.8. The number of rotatable bonds is 4. The van der Waals surface area contributed by atoms with Gasteiger partial charge >= 0.3 is 0 Å². The summed E-state index contributed by atoms with van der Waals surface area (Å²) >= 11 is 0. The SMILES string of the molecule is C(=Cc1ccc2c3cccc4cccc(c5cccc1c52)c43)c1ccc(-c2c3ccccc3c(-c3ccccc3)c3ccccc23)cc1. The standard InChI is InChI=1S/C48H30/c1-2-11-33(12-3-1)45-37-15-4-6-17-39(37)47(40-18-7-5-16-38(40)45)35-27-24-31(25-28-35)23-26-32-29-30-44-42-21-9-14-34-13-8-20-41(46(34)42)43-22-10-19-36(32)48(43)44/h1-30H. The van der Waals surface area contributed by atoms with E-state index in [0.29, 0.717) is 0 Å². The highest BCUT2D eigenvalue weighted by molar-refractivity contribution is 6.33. The van der Waals surface area contributed by atoms with Crippen molar-refractivity contribution in [2.24, 2.45) is 0 Å². The highest BCUT2D eigenvalue weighted by atomic mass is 14.2.